The van der Waals surface area contributed by atoms with E-state index in [4.69, 9.17) is 20.0 Å². The Bertz CT molecular complexity index is 1220. The summed E-state index contributed by atoms with van der Waals surface area (Å²) in [5.41, 5.74) is 2.55. The summed E-state index contributed by atoms with van der Waals surface area (Å²) >= 11 is 6.76. The van der Waals surface area contributed by atoms with Gasteiger partial charge in [0.25, 0.3) is 0 Å². The zero-order chi connectivity index (χ0) is 21.1. The minimum atomic E-state index is -0.141. The molecule has 0 spiro atoms. The molecule has 0 bridgehead atoms. The molecule has 0 aliphatic rings. The monoisotopic (exact) mass is 524 g/mol. The SMILES string of the molecule is N=C(OC(=N)c1cccc(-c2nnc(-c3ccc(Br)cc3)o2)c1)c1ccc(Br)cc1. The molecule has 0 radical (unpaired) electrons. The molecule has 3 aromatic carbocycles. The Balaban J connectivity index is 1.52. The van der Waals surface area contributed by atoms with Crippen molar-refractivity contribution in [2.45, 2.75) is 0 Å². The van der Waals surface area contributed by atoms with Crippen LogP contribution in [0.3, 0.4) is 0 Å². The number of benzene rings is 3. The highest BCUT2D eigenvalue weighted by atomic mass is 79.9. The first-order chi connectivity index (χ1) is 14.5. The molecule has 0 saturated heterocycles. The fourth-order valence-electron chi connectivity index (χ4n) is 2.66. The van der Waals surface area contributed by atoms with Crippen LogP contribution >= 0.6 is 31.9 Å². The molecular weight excluding hydrogens is 512 g/mol. The third kappa shape index (κ3) is 4.55. The van der Waals surface area contributed by atoms with Crippen molar-refractivity contribution in [2.24, 2.45) is 0 Å². The molecule has 0 amide bonds. The molecule has 4 rings (SSSR count). The van der Waals surface area contributed by atoms with Gasteiger partial charge < -0.3 is 9.15 Å². The van der Waals surface area contributed by atoms with Gasteiger partial charge in [0.05, 0.1) is 0 Å². The average molecular weight is 526 g/mol. The van der Waals surface area contributed by atoms with E-state index in [1.165, 1.54) is 0 Å². The Morgan fingerprint density at radius 1 is 0.700 bits per heavy atom. The van der Waals surface area contributed by atoms with E-state index >= 15 is 0 Å². The predicted molar refractivity (Wildman–Crippen MR) is 122 cm³/mol. The largest absolute Gasteiger partial charge is 0.421 e. The van der Waals surface area contributed by atoms with Crippen molar-refractivity contribution in [3.63, 3.8) is 0 Å². The molecule has 0 fully saturated rings. The molecule has 0 aliphatic heterocycles. The van der Waals surface area contributed by atoms with E-state index in [2.05, 4.69) is 42.1 Å². The number of nitrogens with one attached hydrogen (secondary N) is 2. The van der Waals surface area contributed by atoms with E-state index in [0.29, 0.717) is 28.5 Å². The summed E-state index contributed by atoms with van der Waals surface area (Å²) in [4.78, 5) is 0. The number of hydrogen-bond donors (Lipinski definition) is 2. The van der Waals surface area contributed by atoms with E-state index in [1.54, 1.807) is 30.3 Å². The summed E-state index contributed by atoms with van der Waals surface area (Å²) in [5, 5.41) is 24.5. The molecule has 6 nitrogen and oxygen atoms in total. The molecule has 4 aromatic rings. The first-order valence-corrected chi connectivity index (χ1v) is 10.4. The molecule has 148 valence electrons. The van der Waals surface area contributed by atoms with Crippen LogP contribution in [0.15, 0.2) is 86.2 Å². The Morgan fingerprint density at radius 2 is 1.27 bits per heavy atom. The van der Waals surface area contributed by atoms with Crippen LogP contribution in [0.4, 0.5) is 0 Å². The fraction of sp³-hybridized carbons (Fsp3) is 0. The second-order valence-electron chi connectivity index (χ2n) is 6.27. The lowest BCUT2D eigenvalue weighted by Gasteiger charge is -2.09. The summed E-state index contributed by atoms with van der Waals surface area (Å²) < 4.78 is 13.1. The Kier molecular flexibility index (Phi) is 5.87. The summed E-state index contributed by atoms with van der Waals surface area (Å²) in [7, 11) is 0. The number of hydrogen-bond acceptors (Lipinski definition) is 6. The minimum absolute atomic E-state index is 0.104. The molecule has 0 aliphatic carbocycles. The van der Waals surface area contributed by atoms with Crippen LogP contribution in [0.2, 0.25) is 0 Å². The van der Waals surface area contributed by atoms with Crippen molar-refractivity contribution in [1.29, 1.82) is 10.8 Å². The van der Waals surface area contributed by atoms with Crippen molar-refractivity contribution in [3.8, 4) is 22.9 Å². The normalized spacial score (nSPS) is 10.6. The molecule has 30 heavy (non-hydrogen) atoms. The zero-order valence-electron chi connectivity index (χ0n) is 15.4. The van der Waals surface area contributed by atoms with Gasteiger partial charge in [-0.1, -0.05) is 37.9 Å². The van der Waals surface area contributed by atoms with Gasteiger partial charge in [-0.2, -0.15) is 0 Å². The van der Waals surface area contributed by atoms with Crippen LogP contribution in [0.25, 0.3) is 22.9 Å². The molecule has 0 unspecified atom stereocenters. The summed E-state index contributed by atoms with van der Waals surface area (Å²) in [6.07, 6.45) is 0. The van der Waals surface area contributed by atoms with Crippen molar-refractivity contribution >= 4 is 43.7 Å². The Labute approximate surface area is 189 Å². The number of aromatic nitrogens is 2. The molecule has 1 heterocycles. The van der Waals surface area contributed by atoms with Crippen molar-refractivity contribution in [2.75, 3.05) is 0 Å². The molecule has 0 saturated carbocycles. The lowest BCUT2D eigenvalue weighted by Crippen LogP contribution is -2.13. The number of rotatable bonds is 4. The highest BCUT2D eigenvalue weighted by Gasteiger charge is 2.14. The second kappa shape index (κ2) is 8.73. The maximum absolute atomic E-state index is 8.23. The predicted octanol–water partition coefficient (Wildman–Crippen LogP) is 6.30. The van der Waals surface area contributed by atoms with Crippen molar-refractivity contribution < 1.29 is 9.15 Å². The quantitative estimate of drug-likeness (QED) is 0.241. The van der Waals surface area contributed by atoms with Crippen LogP contribution < -0.4 is 0 Å². The first-order valence-electron chi connectivity index (χ1n) is 8.81. The Hall–Kier alpha value is -3.10. The highest BCUT2D eigenvalue weighted by Crippen LogP contribution is 2.25. The first kappa shape index (κ1) is 20.2. The standard InChI is InChI=1S/C22H14Br2N4O2/c23-17-8-4-13(5-9-17)19(25)29-20(26)15-2-1-3-16(12-15)22-28-27-21(30-22)14-6-10-18(24)11-7-14/h1-12,25-26H. The van der Waals surface area contributed by atoms with Gasteiger partial charge in [-0.3, -0.25) is 10.8 Å². The van der Waals surface area contributed by atoms with Crippen LogP contribution in [0.1, 0.15) is 11.1 Å². The number of nitrogens with zero attached hydrogens (tertiary/aromatic N) is 2. The van der Waals surface area contributed by atoms with Crippen LogP contribution in [0.5, 0.6) is 0 Å². The number of halogens is 2. The van der Waals surface area contributed by atoms with Gasteiger partial charge in [-0.05, 0) is 66.7 Å². The van der Waals surface area contributed by atoms with E-state index in [0.717, 1.165) is 14.5 Å². The summed E-state index contributed by atoms with van der Waals surface area (Å²) in [6.45, 7) is 0. The molecular formula is C22H14Br2N4O2. The molecule has 2 N–H and O–H groups in total. The van der Waals surface area contributed by atoms with Crippen LogP contribution in [-0.2, 0) is 4.74 Å². The number of ether oxygens (including phenoxy) is 1. The average Bonchev–Trinajstić information content (AvgIpc) is 3.25. The minimum Gasteiger partial charge on any atom is -0.421 e. The van der Waals surface area contributed by atoms with Gasteiger partial charge in [-0.25, -0.2) is 0 Å². The Morgan fingerprint density at radius 3 is 1.93 bits per heavy atom. The van der Waals surface area contributed by atoms with Gasteiger partial charge in [0.15, 0.2) is 0 Å². The van der Waals surface area contributed by atoms with E-state index < -0.39 is 0 Å². The van der Waals surface area contributed by atoms with E-state index in [1.807, 2.05) is 42.5 Å². The van der Waals surface area contributed by atoms with Crippen LogP contribution in [0, 0.1) is 10.8 Å². The lowest BCUT2D eigenvalue weighted by molar-refractivity contribution is 0.538. The topological polar surface area (TPSA) is 95.8 Å². The summed E-state index contributed by atoms with van der Waals surface area (Å²) in [6, 6.07) is 21.7. The molecule has 8 heteroatoms. The lowest BCUT2D eigenvalue weighted by atomic mass is 10.1. The molecule has 1 aromatic heterocycles. The zero-order valence-corrected chi connectivity index (χ0v) is 18.6. The van der Waals surface area contributed by atoms with Gasteiger partial charge >= 0.3 is 0 Å². The van der Waals surface area contributed by atoms with Gasteiger partial charge in [-0.15, -0.1) is 10.2 Å². The van der Waals surface area contributed by atoms with Crippen molar-refractivity contribution in [3.05, 3.63) is 92.9 Å². The van der Waals surface area contributed by atoms with E-state index in [9.17, 15) is 0 Å². The third-order valence-corrected chi connectivity index (χ3v) is 5.26. The third-order valence-electron chi connectivity index (χ3n) is 4.20. The maximum Gasteiger partial charge on any atom is 0.248 e. The van der Waals surface area contributed by atoms with Crippen LogP contribution in [-0.4, -0.2) is 22.0 Å². The highest BCUT2D eigenvalue weighted by molar-refractivity contribution is 9.10. The van der Waals surface area contributed by atoms with Gasteiger partial charge in [0, 0.05) is 31.2 Å². The van der Waals surface area contributed by atoms with Gasteiger partial charge in [0.2, 0.25) is 23.6 Å². The van der Waals surface area contributed by atoms with E-state index in [-0.39, 0.29) is 11.8 Å². The summed E-state index contributed by atoms with van der Waals surface area (Å²) in [5.74, 6) is 0.502. The van der Waals surface area contributed by atoms with Gasteiger partial charge in [0.1, 0.15) is 0 Å². The smallest absolute Gasteiger partial charge is 0.248 e. The molecule has 0 atom stereocenters. The van der Waals surface area contributed by atoms with Crippen molar-refractivity contribution in [1.82, 2.24) is 10.2 Å². The second-order valence-corrected chi connectivity index (χ2v) is 8.10. The fourth-order valence-corrected chi connectivity index (χ4v) is 3.19. The maximum atomic E-state index is 8.23.